The molecule has 2 unspecified atom stereocenters. The number of hydrogen-bond acceptors (Lipinski definition) is 4. The van der Waals surface area contributed by atoms with Crippen molar-refractivity contribution in [3.05, 3.63) is 0 Å². The van der Waals surface area contributed by atoms with Crippen LogP contribution in [-0.2, 0) is 19.3 Å². The van der Waals surface area contributed by atoms with Crippen LogP contribution in [0.25, 0.3) is 0 Å². The van der Waals surface area contributed by atoms with E-state index in [-0.39, 0.29) is 23.7 Å². The normalized spacial score (nSPS) is 38.3. The first-order valence-electron chi connectivity index (χ1n) is 4.09. The average Bonchev–Trinajstić information content (AvgIpc) is 2.74. The van der Waals surface area contributed by atoms with Crippen molar-refractivity contribution in [3.8, 4) is 0 Å². The van der Waals surface area contributed by atoms with Gasteiger partial charge in [0, 0.05) is 0 Å². The molecule has 0 saturated carbocycles. The molecule has 5 heteroatoms. The van der Waals surface area contributed by atoms with E-state index in [1.165, 1.54) is 0 Å². The van der Waals surface area contributed by atoms with Crippen LogP contribution in [-0.4, -0.2) is 45.3 Å². The highest BCUT2D eigenvalue weighted by atomic mass is 32.2. The third-order valence-electron chi connectivity index (χ3n) is 2.11. The van der Waals surface area contributed by atoms with Crippen LogP contribution in [0.4, 0.5) is 0 Å². The first-order chi connectivity index (χ1) is 5.66. The van der Waals surface area contributed by atoms with Crippen LogP contribution >= 0.6 is 0 Å². The van der Waals surface area contributed by atoms with Crippen LogP contribution in [0.2, 0.25) is 0 Å². The van der Waals surface area contributed by atoms with Crippen molar-refractivity contribution in [3.63, 3.8) is 0 Å². The molecule has 0 spiro atoms. The summed E-state index contributed by atoms with van der Waals surface area (Å²) in [6.45, 7) is 1.32. The van der Waals surface area contributed by atoms with Gasteiger partial charge in [0.15, 0.2) is 9.84 Å². The summed E-state index contributed by atoms with van der Waals surface area (Å²) >= 11 is 0. The lowest BCUT2D eigenvalue weighted by atomic mass is 10.3. The molecule has 0 radical (unpaired) electrons. The van der Waals surface area contributed by atoms with Gasteiger partial charge in [0.1, 0.15) is 6.10 Å². The zero-order valence-electron chi connectivity index (χ0n) is 6.73. The van der Waals surface area contributed by atoms with Crippen molar-refractivity contribution in [2.75, 3.05) is 24.7 Å². The monoisotopic (exact) mass is 192 g/mol. The fourth-order valence-electron chi connectivity index (χ4n) is 1.30. The molecule has 2 rings (SSSR count). The Balaban J connectivity index is 1.75. The van der Waals surface area contributed by atoms with Gasteiger partial charge < -0.3 is 9.47 Å². The highest BCUT2D eigenvalue weighted by Gasteiger charge is 2.31. The number of ether oxygens (including phenoxy) is 2. The van der Waals surface area contributed by atoms with Crippen LogP contribution in [0.1, 0.15) is 6.42 Å². The van der Waals surface area contributed by atoms with Gasteiger partial charge in [-0.2, -0.15) is 0 Å². The number of sulfone groups is 1. The molecule has 2 heterocycles. The topological polar surface area (TPSA) is 55.9 Å². The maximum Gasteiger partial charge on any atom is 0.152 e. The maximum atomic E-state index is 11.0. The Morgan fingerprint density at radius 3 is 2.75 bits per heavy atom. The Hall–Kier alpha value is -0.130. The minimum absolute atomic E-state index is 0.0841. The van der Waals surface area contributed by atoms with E-state index in [9.17, 15) is 8.42 Å². The zero-order chi connectivity index (χ0) is 8.60. The fourth-order valence-corrected chi connectivity index (χ4v) is 2.92. The summed E-state index contributed by atoms with van der Waals surface area (Å²) in [7, 11) is -2.79. The molecule has 2 aliphatic rings. The Kier molecular flexibility index (Phi) is 2.10. The molecule has 0 aromatic carbocycles. The molecule has 2 aliphatic heterocycles. The quantitative estimate of drug-likeness (QED) is 0.570. The zero-order valence-corrected chi connectivity index (χ0v) is 7.55. The highest BCUT2D eigenvalue weighted by Crippen LogP contribution is 2.17. The van der Waals surface area contributed by atoms with Gasteiger partial charge in [0.05, 0.1) is 30.8 Å². The van der Waals surface area contributed by atoms with E-state index in [0.29, 0.717) is 13.0 Å². The molecule has 2 fully saturated rings. The van der Waals surface area contributed by atoms with Gasteiger partial charge in [-0.1, -0.05) is 0 Å². The Labute approximate surface area is 71.8 Å². The van der Waals surface area contributed by atoms with Crippen molar-refractivity contribution in [2.45, 2.75) is 18.6 Å². The van der Waals surface area contributed by atoms with E-state index in [2.05, 4.69) is 0 Å². The van der Waals surface area contributed by atoms with Gasteiger partial charge >= 0.3 is 0 Å². The average molecular weight is 192 g/mol. The van der Waals surface area contributed by atoms with Crippen LogP contribution < -0.4 is 0 Å². The molecule has 70 valence electrons. The molecule has 0 aromatic rings. The van der Waals surface area contributed by atoms with Crippen LogP contribution in [0.15, 0.2) is 0 Å². The number of hydrogen-bond donors (Lipinski definition) is 0. The molecule has 2 atom stereocenters. The largest absolute Gasteiger partial charge is 0.374 e. The molecule has 0 aromatic heterocycles. The summed E-state index contributed by atoms with van der Waals surface area (Å²) in [6.07, 6.45) is 0.794. The predicted molar refractivity (Wildman–Crippen MR) is 42.8 cm³/mol. The van der Waals surface area contributed by atoms with Crippen LogP contribution in [0, 0.1) is 0 Å². The van der Waals surface area contributed by atoms with Crippen LogP contribution in [0.3, 0.4) is 0 Å². The molecular formula is C7H12O4S. The Morgan fingerprint density at radius 2 is 2.25 bits per heavy atom. The molecule has 0 N–H and O–H groups in total. The summed E-state index contributed by atoms with van der Waals surface area (Å²) in [5.41, 5.74) is 0. The fraction of sp³-hybridized carbons (Fsp3) is 1.00. The van der Waals surface area contributed by atoms with E-state index in [1.807, 2.05) is 0 Å². The Bertz CT molecular complexity index is 255. The second-order valence-corrected chi connectivity index (χ2v) is 5.54. The van der Waals surface area contributed by atoms with Crippen molar-refractivity contribution < 1.29 is 17.9 Å². The first-order valence-corrected chi connectivity index (χ1v) is 5.91. The van der Waals surface area contributed by atoms with Gasteiger partial charge in [-0.25, -0.2) is 8.42 Å². The maximum absolute atomic E-state index is 11.0. The Morgan fingerprint density at radius 1 is 1.50 bits per heavy atom. The van der Waals surface area contributed by atoms with Crippen molar-refractivity contribution in [2.24, 2.45) is 0 Å². The van der Waals surface area contributed by atoms with E-state index >= 15 is 0 Å². The number of rotatable bonds is 3. The molecule has 0 bridgehead atoms. The molecule has 4 nitrogen and oxygen atoms in total. The predicted octanol–water partition coefficient (Wildman–Crippen LogP) is -0.411. The summed E-state index contributed by atoms with van der Waals surface area (Å²) in [5, 5.41) is 0. The van der Waals surface area contributed by atoms with Gasteiger partial charge in [0.2, 0.25) is 0 Å². The lowest BCUT2D eigenvalue weighted by Gasteiger charge is -2.07. The van der Waals surface area contributed by atoms with E-state index in [0.717, 1.165) is 6.61 Å². The van der Waals surface area contributed by atoms with Crippen LogP contribution in [0.5, 0.6) is 0 Å². The smallest absolute Gasteiger partial charge is 0.152 e. The summed E-state index contributed by atoms with van der Waals surface area (Å²) in [6, 6.07) is 0. The van der Waals surface area contributed by atoms with Gasteiger partial charge in [-0.15, -0.1) is 0 Å². The molecular weight excluding hydrogens is 180 g/mol. The summed E-state index contributed by atoms with van der Waals surface area (Å²) < 4.78 is 32.3. The minimum Gasteiger partial charge on any atom is -0.374 e. The summed E-state index contributed by atoms with van der Waals surface area (Å²) in [5.74, 6) is 0.475. The van der Waals surface area contributed by atoms with Gasteiger partial charge in [-0.05, 0) is 6.42 Å². The molecule has 0 aliphatic carbocycles. The van der Waals surface area contributed by atoms with Crippen molar-refractivity contribution in [1.82, 2.24) is 0 Å². The lowest BCUT2D eigenvalue weighted by molar-refractivity contribution is 0.0591. The standard InChI is InChI=1S/C7H12O4S/c8-12(9)2-1-6(5-12)10-3-7-4-11-7/h6-7H,1-5H2. The molecule has 0 amide bonds. The lowest BCUT2D eigenvalue weighted by Crippen LogP contribution is -2.17. The van der Waals surface area contributed by atoms with E-state index in [4.69, 9.17) is 9.47 Å². The first kappa shape index (κ1) is 8.47. The second kappa shape index (κ2) is 2.97. The minimum atomic E-state index is -2.79. The molecule has 12 heavy (non-hydrogen) atoms. The summed E-state index contributed by atoms with van der Waals surface area (Å²) in [4.78, 5) is 0. The highest BCUT2D eigenvalue weighted by molar-refractivity contribution is 7.91. The van der Waals surface area contributed by atoms with Crippen molar-refractivity contribution in [1.29, 1.82) is 0 Å². The third-order valence-corrected chi connectivity index (χ3v) is 3.85. The van der Waals surface area contributed by atoms with Gasteiger partial charge in [0.25, 0.3) is 0 Å². The third kappa shape index (κ3) is 2.18. The number of epoxide rings is 1. The second-order valence-electron chi connectivity index (χ2n) is 3.31. The molecule has 2 saturated heterocycles. The van der Waals surface area contributed by atoms with Gasteiger partial charge in [-0.3, -0.25) is 0 Å². The van der Waals surface area contributed by atoms with E-state index in [1.54, 1.807) is 0 Å². The van der Waals surface area contributed by atoms with E-state index < -0.39 is 9.84 Å². The SMILES string of the molecule is O=S1(=O)CCC(OCC2CO2)C1. The van der Waals surface area contributed by atoms with Crippen molar-refractivity contribution >= 4 is 9.84 Å².